The molecular formula is C27H30N2O4. The molecule has 1 aromatic carbocycles. The first-order valence-electron chi connectivity index (χ1n) is 11.7. The van der Waals surface area contributed by atoms with Crippen molar-refractivity contribution in [2.24, 2.45) is 0 Å². The van der Waals surface area contributed by atoms with Crippen LogP contribution in [0.3, 0.4) is 0 Å². The number of hydrogen-bond acceptors (Lipinski definition) is 5. The zero-order valence-corrected chi connectivity index (χ0v) is 19.9. The third-order valence-electron chi connectivity index (χ3n) is 6.97. The molecule has 0 saturated carbocycles. The molecule has 0 unspecified atom stereocenters. The van der Waals surface area contributed by atoms with Crippen molar-refractivity contribution in [1.82, 2.24) is 9.55 Å². The van der Waals surface area contributed by atoms with E-state index in [9.17, 15) is 14.7 Å². The van der Waals surface area contributed by atoms with Crippen LogP contribution in [0.25, 0.3) is 22.3 Å². The molecule has 2 aliphatic rings. The maximum atomic E-state index is 13.7. The molecule has 0 spiro atoms. The minimum atomic E-state index is -1.13. The number of rotatable bonds is 3. The van der Waals surface area contributed by atoms with E-state index in [4.69, 9.17) is 9.72 Å². The molecule has 1 atom stereocenters. The Morgan fingerprint density at radius 2 is 1.88 bits per heavy atom. The quantitative estimate of drug-likeness (QED) is 0.496. The summed E-state index contributed by atoms with van der Waals surface area (Å²) in [6.45, 7) is 10.3. The van der Waals surface area contributed by atoms with Gasteiger partial charge < -0.3 is 14.4 Å². The van der Waals surface area contributed by atoms with Crippen LogP contribution in [0.5, 0.6) is 5.75 Å². The highest BCUT2D eigenvalue weighted by Gasteiger charge is 2.48. The van der Waals surface area contributed by atoms with Crippen molar-refractivity contribution in [3.8, 4) is 17.1 Å². The van der Waals surface area contributed by atoms with Gasteiger partial charge in [-0.25, -0.2) is 4.98 Å². The summed E-state index contributed by atoms with van der Waals surface area (Å²) in [4.78, 5) is 31.9. The average molecular weight is 447 g/mol. The van der Waals surface area contributed by atoms with Gasteiger partial charge in [-0.15, -0.1) is 0 Å². The van der Waals surface area contributed by atoms with Gasteiger partial charge in [0.15, 0.2) is 11.4 Å². The topological polar surface area (TPSA) is 81.4 Å². The molecule has 5 rings (SSSR count). The lowest BCUT2D eigenvalue weighted by atomic mass is 9.76. The number of pyridine rings is 2. The van der Waals surface area contributed by atoms with E-state index in [2.05, 4.69) is 6.92 Å². The number of aromatic hydroxyl groups is 1. The number of Topliss-reactive ketones (excluding diaryl/α,β-unsaturated/α-hetero) is 1. The minimum Gasteiger partial charge on any atom is -0.508 e. The molecule has 0 bridgehead atoms. The van der Waals surface area contributed by atoms with Crippen molar-refractivity contribution < 1.29 is 14.6 Å². The lowest BCUT2D eigenvalue weighted by Gasteiger charge is -2.41. The number of phenols is 1. The highest BCUT2D eigenvalue weighted by molar-refractivity contribution is 5.92. The van der Waals surface area contributed by atoms with Gasteiger partial charge in [0, 0.05) is 28.5 Å². The van der Waals surface area contributed by atoms with Gasteiger partial charge >= 0.3 is 0 Å². The lowest BCUT2D eigenvalue weighted by Crippen LogP contribution is -2.48. The number of ketones is 1. The number of nitrogens with zero attached hydrogens (tertiary/aromatic N) is 2. The number of carbonyl (C=O) groups is 1. The van der Waals surface area contributed by atoms with Gasteiger partial charge in [0.05, 0.1) is 29.1 Å². The molecular weight excluding hydrogens is 416 g/mol. The number of hydrogen-bond donors (Lipinski definition) is 1. The Morgan fingerprint density at radius 3 is 2.55 bits per heavy atom. The van der Waals surface area contributed by atoms with Gasteiger partial charge in [0.25, 0.3) is 5.56 Å². The third kappa shape index (κ3) is 3.15. The smallest absolute Gasteiger partial charge is 0.254 e. The number of aryl methyl sites for hydroxylation is 1. The Balaban J connectivity index is 1.81. The van der Waals surface area contributed by atoms with Gasteiger partial charge in [-0.05, 0) is 69.9 Å². The minimum absolute atomic E-state index is 0.0335. The van der Waals surface area contributed by atoms with E-state index in [-0.39, 0.29) is 17.1 Å². The van der Waals surface area contributed by atoms with Gasteiger partial charge in [0.2, 0.25) is 0 Å². The van der Waals surface area contributed by atoms with Crippen LogP contribution in [-0.4, -0.2) is 26.0 Å². The zero-order chi connectivity index (χ0) is 23.7. The van der Waals surface area contributed by atoms with Crippen LogP contribution in [-0.2, 0) is 34.5 Å². The van der Waals surface area contributed by atoms with E-state index in [1.165, 1.54) is 0 Å². The van der Waals surface area contributed by atoms with Crippen LogP contribution in [0, 0.1) is 0 Å². The van der Waals surface area contributed by atoms with Gasteiger partial charge in [-0.2, -0.15) is 0 Å². The highest BCUT2D eigenvalue weighted by Crippen LogP contribution is 2.44. The van der Waals surface area contributed by atoms with Gasteiger partial charge in [0.1, 0.15) is 5.75 Å². The van der Waals surface area contributed by atoms with Crippen molar-refractivity contribution in [2.45, 2.75) is 78.0 Å². The average Bonchev–Trinajstić information content (AvgIpc) is 3.12. The maximum Gasteiger partial charge on any atom is 0.254 e. The van der Waals surface area contributed by atoms with Gasteiger partial charge in [-0.1, -0.05) is 13.8 Å². The van der Waals surface area contributed by atoms with E-state index < -0.39 is 11.2 Å². The van der Waals surface area contributed by atoms with E-state index in [0.29, 0.717) is 36.9 Å². The summed E-state index contributed by atoms with van der Waals surface area (Å²) < 4.78 is 8.23. The fourth-order valence-electron chi connectivity index (χ4n) is 5.63. The Labute approximate surface area is 193 Å². The number of carbonyl (C=O) groups excluding carboxylic acids is 1. The molecule has 3 aromatic rings. The molecule has 6 heteroatoms. The van der Waals surface area contributed by atoms with Crippen molar-refractivity contribution in [2.75, 3.05) is 0 Å². The van der Waals surface area contributed by atoms with Crippen molar-refractivity contribution in [3.63, 3.8) is 0 Å². The first kappa shape index (κ1) is 21.8. The molecule has 0 amide bonds. The standard InChI is InChI=1S/C27H30N2O4/c1-6-16-18-12-15(30)8-10-21(18)28-24-19(16)14-29-22(24)13-20-17(25(29)32)9-11-23(31)27(20,7-2)33-26(3,4)5/h8,10,12-13,30H,6-7,9,11,14H2,1-5H3/t27-/m0/s1. The van der Waals surface area contributed by atoms with E-state index in [1.54, 1.807) is 16.7 Å². The summed E-state index contributed by atoms with van der Waals surface area (Å²) in [5.74, 6) is 0.235. The van der Waals surface area contributed by atoms with Crippen LogP contribution >= 0.6 is 0 Å². The normalized spacial score (nSPS) is 19.5. The Kier molecular flexibility index (Phi) is 4.80. The molecule has 1 aliphatic heterocycles. The van der Waals surface area contributed by atoms with Crippen LogP contribution in [0.2, 0.25) is 0 Å². The lowest BCUT2D eigenvalue weighted by molar-refractivity contribution is -0.171. The molecule has 6 nitrogen and oxygen atoms in total. The maximum absolute atomic E-state index is 13.7. The molecule has 3 heterocycles. The molecule has 172 valence electrons. The molecule has 0 radical (unpaired) electrons. The fourth-order valence-corrected chi connectivity index (χ4v) is 5.63. The van der Waals surface area contributed by atoms with Gasteiger partial charge in [-0.3, -0.25) is 9.59 Å². The molecule has 0 fully saturated rings. The predicted octanol–water partition coefficient (Wildman–Crippen LogP) is 4.63. The highest BCUT2D eigenvalue weighted by atomic mass is 16.5. The summed E-state index contributed by atoms with van der Waals surface area (Å²) in [5, 5.41) is 10.9. The summed E-state index contributed by atoms with van der Waals surface area (Å²) in [6, 6.07) is 7.17. The summed E-state index contributed by atoms with van der Waals surface area (Å²) in [5.41, 5.74) is 4.06. The van der Waals surface area contributed by atoms with Crippen LogP contribution in [0.15, 0.2) is 29.1 Å². The predicted molar refractivity (Wildman–Crippen MR) is 128 cm³/mol. The third-order valence-corrected chi connectivity index (χ3v) is 6.97. The van der Waals surface area contributed by atoms with E-state index >= 15 is 0 Å². The Hall–Kier alpha value is -2.99. The number of aromatic nitrogens is 2. The SMILES string of the molecule is CCc1c2c(nc3ccc(O)cc13)-c1cc3c(c(=O)n1C2)CCC(=O)[C@@]3(CC)OC(C)(C)C. The zero-order valence-electron chi connectivity index (χ0n) is 19.9. The molecule has 1 aliphatic carbocycles. The second-order valence-electron chi connectivity index (χ2n) is 10.1. The van der Waals surface area contributed by atoms with Crippen LogP contribution in [0.1, 0.15) is 69.7 Å². The molecule has 1 N–H and O–H groups in total. The van der Waals surface area contributed by atoms with Crippen molar-refractivity contribution >= 4 is 16.7 Å². The van der Waals surface area contributed by atoms with E-state index in [0.717, 1.165) is 39.8 Å². The Bertz CT molecular complexity index is 1380. The molecule has 33 heavy (non-hydrogen) atoms. The number of fused-ring (bicyclic) bond motifs is 5. The second-order valence-corrected chi connectivity index (χ2v) is 10.1. The number of benzene rings is 1. The van der Waals surface area contributed by atoms with Crippen molar-refractivity contribution in [1.29, 1.82) is 0 Å². The first-order valence-corrected chi connectivity index (χ1v) is 11.7. The monoisotopic (exact) mass is 446 g/mol. The number of phenolic OH excluding ortho intramolecular Hbond substituents is 1. The van der Waals surface area contributed by atoms with Crippen LogP contribution in [0.4, 0.5) is 0 Å². The summed E-state index contributed by atoms with van der Waals surface area (Å²) >= 11 is 0. The Morgan fingerprint density at radius 1 is 1.12 bits per heavy atom. The largest absolute Gasteiger partial charge is 0.508 e. The van der Waals surface area contributed by atoms with Crippen LogP contribution < -0.4 is 5.56 Å². The summed E-state index contributed by atoms with van der Waals surface area (Å²) in [7, 11) is 0. The number of ether oxygens (including phenoxy) is 1. The van der Waals surface area contributed by atoms with E-state index in [1.807, 2.05) is 39.8 Å². The first-order chi connectivity index (χ1) is 15.6. The fraction of sp³-hybridized carbons (Fsp3) is 0.444. The summed E-state index contributed by atoms with van der Waals surface area (Å²) in [6.07, 6.45) is 1.97. The van der Waals surface area contributed by atoms with Crippen molar-refractivity contribution in [3.05, 3.63) is 56.9 Å². The second kappa shape index (κ2) is 7.26. The molecule has 2 aromatic heterocycles. The molecule has 0 saturated heterocycles.